The summed E-state index contributed by atoms with van der Waals surface area (Å²) >= 11 is 0. The van der Waals surface area contributed by atoms with Crippen molar-refractivity contribution in [2.75, 3.05) is 7.05 Å². The van der Waals surface area contributed by atoms with Crippen LogP contribution in [0.3, 0.4) is 0 Å². The third-order valence-corrected chi connectivity index (χ3v) is 2.59. The number of aliphatic carboxylic acids is 1. The number of likely N-dealkylation sites (N-methyl/N-ethyl adjacent to an activating group) is 1. The zero-order valence-corrected chi connectivity index (χ0v) is 7.27. The molecule has 1 saturated carbocycles. The van der Waals surface area contributed by atoms with Crippen molar-refractivity contribution in [2.24, 2.45) is 5.92 Å². The Morgan fingerprint density at radius 3 is 2.69 bits per heavy atom. The van der Waals surface area contributed by atoms with E-state index in [0.29, 0.717) is 0 Å². The molecule has 1 aliphatic heterocycles. The fourth-order valence-corrected chi connectivity index (χ4v) is 1.68. The van der Waals surface area contributed by atoms with Gasteiger partial charge in [0.15, 0.2) is 6.04 Å². The molecule has 5 nitrogen and oxygen atoms in total. The van der Waals surface area contributed by atoms with E-state index < -0.39 is 24.2 Å². The maximum atomic E-state index is 11.1. The first kappa shape index (κ1) is 8.34. The molecule has 0 aromatic carbocycles. The molecular weight excluding hydrogens is 174 g/mol. The Labute approximate surface area is 75.3 Å². The maximum absolute atomic E-state index is 11.1. The highest BCUT2D eigenvalue weighted by Crippen LogP contribution is 2.39. The second-order valence-corrected chi connectivity index (χ2v) is 3.58. The monoisotopic (exact) mass is 185 g/mol. The van der Waals surface area contributed by atoms with Gasteiger partial charge >= 0.3 is 12.1 Å². The third-order valence-electron chi connectivity index (χ3n) is 2.59. The van der Waals surface area contributed by atoms with Crippen LogP contribution in [0.1, 0.15) is 12.8 Å². The Balaban J connectivity index is 2.17. The van der Waals surface area contributed by atoms with Crippen LogP contribution in [0.5, 0.6) is 0 Å². The largest absolute Gasteiger partial charge is 0.480 e. The lowest BCUT2D eigenvalue weighted by Gasteiger charge is -2.15. The summed E-state index contributed by atoms with van der Waals surface area (Å²) in [6.07, 6.45) is 0.977. The number of carbonyl (C=O) groups is 2. The summed E-state index contributed by atoms with van der Waals surface area (Å²) in [7, 11) is 1.46. The van der Waals surface area contributed by atoms with Gasteiger partial charge in [-0.25, -0.2) is 9.59 Å². The van der Waals surface area contributed by atoms with Gasteiger partial charge in [0.25, 0.3) is 0 Å². The van der Waals surface area contributed by atoms with Gasteiger partial charge in [0.2, 0.25) is 0 Å². The molecule has 0 spiro atoms. The molecule has 0 bridgehead atoms. The minimum atomic E-state index is -0.981. The Bertz CT molecular complexity index is 261. The van der Waals surface area contributed by atoms with E-state index in [4.69, 9.17) is 9.84 Å². The molecule has 2 unspecified atom stereocenters. The van der Waals surface area contributed by atoms with E-state index in [1.807, 2.05) is 0 Å². The molecule has 2 aliphatic rings. The van der Waals surface area contributed by atoms with E-state index in [1.54, 1.807) is 0 Å². The summed E-state index contributed by atoms with van der Waals surface area (Å²) in [4.78, 5) is 23.1. The molecule has 0 radical (unpaired) electrons. The van der Waals surface area contributed by atoms with Crippen LogP contribution in [0.15, 0.2) is 0 Å². The van der Waals surface area contributed by atoms with Gasteiger partial charge in [0, 0.05) is 7.05 Å². The number of nitrogens with zero attached hydrogens (tertiary/aromatic N) is 1. The molecule has 2 atom stereocenters. The fourth-order valence-electron chi connectivity index (χ4n) is 1.68. The number of hydrogen-bond acceptors (Lipinski definition) is 3. The average molecular weight is 185 g/mol. The van der Waals surface area contributed by atoms with Gasteiger partial charge in [-0.1, -0.05) is 0 Å². The number of carbonyl (C=O) groups excluding carboxylic acids is 1. The van der Waals surface area contributed by atoms with Crippen LogP contribution in [0.2, 0.25) is 0 Å². The smallest absolute Gasteiger partial charge is 0.410 e. The number of ether oxygens (including phenoxy) is 1. The van der Waals surface area contributed by atoms with Gasteiger partial charge in [0.1, 0.15) is 6.10 Å². The number of hydrogen-bond donors (Lipinski definition) is 1. The van der Waals surface area contributed by atoms with E-state index in [2.05, 4.69) is 0 Å². The Morgan fingerprint density at radius 2 is 2.23 bits per heavy atom. The molecule has 1 amide bonds. The highest BCUT2D eigenvalue weighted by atomic mass is 16.6. The van der Waals surface area contributed by atoms with Gasteiger partial charge in [-0.05, 0) is 18.8 Å². The lowest BCUT2D eigenvalue weighted by molar-refractivity contribution is -0.142. The first-order valence-corrected chi connectivity index (χ1v) is 4.27. The summed E-state index contributed by atoms with van der Waals surface area (Å²) < 4.78 is 4.98. The van der Waals surface area contributed by atoms with Gasteiger partial charge in [0.05, 0.1) is 0 Å². The zero-order valence-electron chi connectivity index (χ0n) is 7.27. The predicted octanol–water partition coefficient (Wildman–Crippen LogP) is 0.300. The highest BCUT2D eigenvalue weighted by molar-refractivity contribution is 5.83. The fraction of sp³-hybridized carbons (Fsp3) is 0.750. The molecule has 2 rings (SSSR count). The van der Waals surface area contributed by atoms with Crippen molar-refractivity contribution in [2.45, 2.75) is 25.0 Å². The van der Waals surface area contributed by atoms with Crippen molar-refractivity contribution < 1.29 is 19.4 Å². The van der Waals surface area contributed by atoms with Crippen molar-refractivity contribution in [3.05, 3.63) is 0 Å². The number of carboxylic acid groups (broad SMARTS) is 1. The van der Waals surface area contributed by atoms with Crippen molar-refractivity contribution in [1.29, 1.82) is 0 Å². The molecule has 1 aliphatic carbocycles. The second kappa shape index (κ2) is 2.61. The van der Waals surface area contributed by atoms with Gasteiger partial charge < -0.3 is 9.84 Å². The van der Waals surface area contributed by atoms with Crippen LogP contribution in [0.4, 0.5) is 4.79 Å². The van der Waals surface area contributed by atoms with Crippen LogP contribution in [-0.4, -0.2) is 41.3 Å². The van der Waals surface area contributed by atoms with Gasteiger partial charge in [-0.2, -0.15) is 0 Å². The predicted molar refractivity (Wildman–Crippen MR) is 42.2 cm³/mol. The molecule has 1 heterocycles. The van der Waals surface area contributed by atoms with E-state index in [-0.39, 0.29) is 5.92 Å². The van der Waals surface area contributed by atoms with E-state index >= 15 is 0 Å². The van der Waals surface area contributed by atoms with E-state index in [1.165, 1.54) is 7.05 Å². The standard InChI is InChI=1S/C8H11NO4/c1-9-5(7(10)11)6(4-2-3-4)13-8(9)12/h4-6H,2-3H2,1H3,(H,10,11). The summed E-state index contributed by atoms with van der Waals surface area (Å²) in [5, 5.41) is 8.87. The van der Waals surface area contributed by atoms with Crippen LogP contribution in [-0.2, 0) is 9.53 Å². The van der Waals surface area contributed by atoms with E-state index in [0.717, 1.165) is 17.7 Å². The van der Waals surface area contributed by atoms with Crippen LogP contribution in [0.25, 0.3) is 0 Å². The number of carboxylic acids is 1. The summed E-state index contributed by atoms with van der Waals surface area (Å²) in [6, 6.07) is -0.792. The molecule has 72 valence electrons. The first-order valence-electron chi connectivity index (χ1n) is 4.27. The van der Waals surface area contributed by atoms with Gasteiger partial charge in [-0.15, -0.1) is 0 Å². The molecule has 2 fully saturated rings. The quantitative estimate of drug-likeness (QED) is 0.671. The average Bonchev–Trinajstić information content (AvgIpc) is 2.80. The lowest BCUT2D eigenvalue weighted by Crippen LogP contribution is -2.41. The van der Waals surface area contributed by atoms with Crippen molar-refractivity contribution >= 4 is 12.1 Å². The normalized spacial score (nSPS) is 33.3. The SMILES string of the molecule is CN1C(=O)OC(C2CC2)C1C(=O)O. The number of cyclic esters (lactones) is 1. The minimum absolute atomic E-state index is 0.259. The third kappa shape index (κ3) is 1.24. The topological polar surface area (TPSA) is 66.8 Å². The molecule has 5 heteroatoms. The lowest BCUT2D eigenvalue weighted by atomic mass is 10.1. The summed E-state index contributed by atoms with van der Waals surface area (Å²) in [6.45, 7) is 0. The molecule has 1 saturated heterocycles. The molecule has 0 aromatic rings. The highest BCUT2D eigenvalue weighted by Gasteiger charge is 2.51. The summed E-state index contributed by atoms with van der Waals surface area (Å²) in [5.74, 6) is -0.722. The number of amides is 1. The van der Waals surface area contributed by atoms with Crippen molar-refractivity contribution in [1.82, 2.24) is 4.90 Å². The van der Waals surface area contributed by atoms with Crippen molar-refractivity contribution in [3.63, 3.8) is 0 Å². The van der Waals surface area contributed by atoms with E-state index in [9.17, 15) is 9.59 Å². The Morgan fingerprint density at radius 1 is 1.62 bits per heavy atom. The van der Waals surface area contributed by atoms with Crippen LogP contribution in [0, 0.1) is 5.92 Å². The molecule has 0 aromatic heterocycles. The molecular formula is C8H11NO4. The van der Waals surface area contributed by atoms with Crippen LogP contribution < -0.4 is 0 Å². The Kier molecular flexibility index (Phi) is 1.68. The minimum Gasteiger partial charge on any atom is -0.480 e. The Hall–Kier alpha value is -1.26. The molecule has 13 heavy (non-hydrogen) atoms. The number of rotatable bonds is 2. The zero-order chi connectivity index (χ0) is 9.59. The maximum Gasteiger partial charge on any atom is 0.410 e. The van der Waals surface area contributed by atoms with Gasteiger partial charge in [-0.3, -0.25) is 4.90 Å². The van der Waals surface area contributed by atoms with Crippen molar-refractivity contribution in [3.8, 4) is 0 Å². The first-order chi connectivity index (χ1) is 6.11. The summed E-state index contributed by atoms with van der Waals surface area (Å²) in [5.41, 5.74) is 0. The molecule has 1 N–H and O–H groups in total. The van der Waals surface area contributed by atoms with Crippen LogP contribution >= 0.6 is 0 Å². The second-order valence-electron chi connectivity index (χ2n) is 3.58.